The quantitative estimate of drug-likeness (QED) is 0.122. The summed E-state index contributed by atoms with van der Waals surface area (Å²) < 4.78 is 334. The zero-order valence-corrected chi connectivity index (χ0v) is 19.0. The van der Waals surface area contributed by atoms with Gasteiger partial charge in [-0.1, -0.05) is 6.58 Å². The van der Waals surface area contributed by atoms with Gasteiger partial charge in [0.15, 0.2) is 0 Å². The van der Waals surface area contributed by atoms with Crippen molar-refractivity contribution >= 4 is 5.97 Å². The fourth-order valence-corrected chi connectivity index (χ4v) is 2.27. The van der Waals surface area contributed by atoms with E-state index >= 15 is 0 Å². The Morgan fingerprint density at radius 3 is 0.791 bits per heavy atom. The summed E-state index contributed by atoms with van der Waals surface area (Å²) in [6.45, 7) is 2.31. The third-order valence-corrected chi connectivity index (χ3v) is 4.86. The monoisotopic (exact) mass is 704 g/mol. The van der Waals surface area contributed by atoms with Gasteiger partial charge in [0, 0.05) is 5.57 Å². The molecule has 1 unspecified atom stereocenters. The highest BCUT2D eigenvalue weighted by atomic mass is 19.4. The zero-order chi connectivity index (χ0) is 35.9. The molecular formula is C16H5F25O2. The van der Waals surface area contributed by atoms with E-state index in [-0.39, 0.29) is 6.92 Å². The SMILES string of the molecule is C=C(C)C(=O)OC(F)(C(F)(F)F)C(F)(F)C(F)(F)C(F)(F)C(F)(F)C(F)(F)C(F)(F)C(F)(F)C(F)(F)C(F)(F)C(F)(F)F. The van der Waals surface area contributed by atoms with Gasteiger partial charge < -0.3 is 4.74 Å². The number of ether oxygens (including phenoxy) is 1. The van der Waals surface area contributed by atoms with Crippen LogP contribution in [0.2, 0.25) is 0 Å². The van der Waals surface area contributed by atoms with Crippen LogP contribution in [0.3, 0.4) is 0 Å². The van der Waals surface area contributed by atoms with E-state index in [0.29, 0.717) is 0 Å². The summed E-state index contributed by atoms with van der Waals surface area (Å²) in [4.78, 5) is 11.0. The van der Waals surface area contributed by atoms with Crippen LogP contribution in [-0.2, 0) is 9.53 Å². The lowest BCUT2D eigenvalue weighted by Crippen LogP contribution is -2.78. The van der Waals surface area contributed by atoms with Crippen molar-refractivity contribution in [2.24, 2.45) is 0 Å². The highest BCUT2D eigenvalue weighted by Gasteiger charge is 3.00. The van der Waals surface area contributed by atoms with Gasteiger partial charge in [-0.15, -0.1) is 0 Å². The highest BCUT2D eigenvalue weighted by Crippen LogP contribution is 2.67. The molecule has 1 atom stereocenters. The van der Waals surface area contributed by atoms with Crippen molar-refractivity contribution in [2.45, 2.75) is 78.4 Å². The maximum atomic E-state index is 14.1. The number of hydrogen-bond acceptors (Lipinski definition) is 2. The van der Waals surface area contributed by atoms with Gasteiger partial charge in [-0.2, -0.15) is 110 Å². The predicted octanol–water partition coefficient (Wildman–Crippen LogP) is 8.61. The van der Waals surface area contributed by atoms with Gasteiger partial charge in [0.1, 0.15) is 0 Å². The largest absolute Gasteiger partial charge is 0.467 e. The summed E-state index contributed by atoms with van der Waals surface area (Å²) in [6.07, 6.45) is -16.2. The van der Waals surface area contributed by atoms with Crippen molar-refractivity contribution < 1.29 is 119 Å². The second kappa shape index (κ2) is 9.98. The average molecular weight is 704 g/mol. The molecule has 0 aromatic carbocycles. The highest BCUT2D eigenvalue weighted by molar-refractivity contribution is 5.87. The summed E-state index contributed by atoms with van der Waals surface area (Å²) in [5, 5.41) is 0. The number of carbonyl (C=O) groups excluding carboxylic acids is 1. The topological polar surface area (TPSA) is 26.3 Å². The lowest BCUT2D eigenvalue weighted by Gasteiger charge is -2.45. The Kier molecular flexibility index (Phi) is 9.39. The van der Waals surface area contributed by atoms with Gasteiger partial charge in [0.25, 0.3) is 0 Å². The van der Waals surface area contributed by atoms with Crippen LogP contribution in [0, 0.1) is 0 Å². The fourth-order valence-electron chi connectivity index (χ4n) is 2.27. The molecule has 27 heteroatoms. The molecule has 43 heavy (non-hydrogen) atoms. The van der Waals surface area contributed by atoms with E-state index in [9.17, 15) is 115 Å². The van der Waals surface area contributed by atoms with E-state index in [2.05, 4.69) is 11.3 Å². The summed E-state index contributed by atoms with van der Waals surface area (Å²) in [5.41, 5.74) is -1.73. The first kappa shape index (κ1) is 40.5. The third-order valence-electron chi connectivity index (χ3n) is 4.86. The van der Waals surface area contributed by atoms with Crippen LogP contribution in [0.4, 0.5) is 110 Å². The number of esters is 1. The summed E-state index contributed by atoms with van der Waals surface area (Å²) >= 11 is 0. The molecule has 0 spiro atoms. The van der Waals surface area contributed by atoms with E-state index in [0.717, 1.165) is 0 Å². The van der Waals surface area contributed by atoms with Gasteiger partial charge >= 0.3 is 77.5 Å². The number of carbonyl (C=O) groups is 1. The van der Waals surface area contributed by atoms with E-state index in [4.69, 9.17) is 0 Å². The van der Waals surface area contributed by atoms with Gasteiger partial charge in [0.05, 0.1) is 0 Å². The minimum absolute atomic E-state index is 0.0685. The zero-order valence-electron chi connectivity index (χ0n) is 19.0. The van der Waals surface area contributed by atoms with Crippen LogP contribution in [-0.4, -0.2) is 77.5 Å². The number of alkyl halides is 25. The van der Waals surface area contributed by atoms with Crippen LogP contribution in [0.5, 0.6) is 0 Å². The molecule has 0 fully saturated rings. The van der Waals surface area contributed by atoms with Crippen molar-refractivity contribution in [3.05, 3.63) is 12.2 Å². The molecule has 2 nitrogen and oxygen atoms in total. The van der Waals surface area contributed by atoms with Gasteiger partial charge in [-0.25, -0.2) is 4.79 Å². The molecule has 0 bridgehead atoms. The van der Waals surface area contributed by atoms with E-state index in [1.165, 1.54) is 0 Å². The molecule has 0 amide bonds. The normalized spacial score (nSPS) is 17.4. The fraction of sp³-hybridized carbons (Fsp3) is 0.812. The van der Waals surface area contributed by atoms with Gasteiger partial charge in [0.2, 0.25) is 0 Å². The summed E-state index contributed by atoms with van der Waals surface area (Å²) in [7, 11) is 0. The van der Waals surface area contributed by atoms with E-state index < -0.39 is 83.1 Å². The Hall–Kier alpha value is -2.54. The van der Waals surface area contributed by atoms with Crippen molar-refractivity contribution in [2.75, 3.05) is 0 Å². The van der Waals surface area contributed by atoms with Crippen molar-refractivity contribution in [1.82, 2.24) is 0 Å². The number of rotatable bonds is 11. The van der Waals surface area contributed by atoms with Gasteiger partial charge in [-0.3, -0.25) is 0 Å². The number of hydrogen-bond donors (Lipinski definition) is 0. The maximum absolute atomic E-state index is 14.1. The molecule has 0 radical (unpaired) electrons. The Morgan fingerprint density at radius 2 is 0.605 bits per heavy atom. The smallest absolute Gasteiger partial charge is 0.411 e. The van der Waals surface area contributed by atoms with Gasteiger partial charge in [-0.05, 0) is 6.92 Å². The van der Waals surface area contributed by atoms with Crippen molar-refractivity contribution in [3.63, 3.8) is 0 Å². The minimum atomic E-state index is -9.66. The van der Waals surface area contributed by atoms with Crippen LogP contribution in [0.15, 0.2) is 12.2 Å². The minimum Gasteiger partial charge on any atom is -0.411 e. The number of halogens is 25. The molecule has 0 aliphatic rings. The first-order valence-electron chi connectivity index (χ1n) is 9.19. The van der Waals surface area contributed by atoms with E-state index in [1.54, 1.807) is 0 Å². The molecule has 256 valence electrons. The Bertz CT molecular complexity index is 1080. The first-order valence-corrected chi connectivity index (χ1v) is 9.19. The molecule has 0 saturated carbocycles. The second-order valence-corrected chi connectivity index (χ2v) is 7.93. The third kappa shape index (κ3) is 4.98. The molecule has 0 aliphatic heterocycles. The molecule has 0 rings (SSSR count). The maximum Gasteiger partial charge on any atom is 0.467 e. The summed E-state index contributed by atoms with van der Waals surface area (Å²) in [6, 6.07) is 0. The molecule has 0 N–H and O–H groups in total. The van der Waals surface area contributed by atoms with Crippen LogP contribution in [0.25, 0.3) is 0 Å². The summed E-state index contributed by atoms with van der Waals surface area (Å²) in [5.74, 6) is -95.3. The van der Waals surface area contributed by atoms with Crippen LogP contribution < -0.4 is 0 Å². The molecule has 0 aliphatic carbocycles. The lowest BCUT2D eigenvalue weighted by atomic mass is 9.85. The van der Waals surface area contributed by atoms with Crippen LogP contribution >= 0.6 is 0 Å². The average Bonchev–Trinajstić information content (AvgIpc) is 2.75. The first-order chi connectivity index (χ1) is 18.1. The van der Waals surface area contributed by atoms with E-state index in [1.807, 2.05) is 0 Å². The Labute approximate surface area is 217 Å². The molecular weight excluding hydrogens is 699 g/mol. The standard InChI is InChI=1S/C16H5F25O2/c1-3(2)4(42)43-14(35,16(39,40)41)12(31,32)10(27,28)8(23,24)6(19,20)5(17,18)7(21,22)9(25,26)11(29,30)13(33,34)15(36,37)38/h1H2,2H3. The molecule has 0 saturated heterocycles. The second-order valence-electron chi connectivity index (χ2n) is 7.93. The van der Waals surface area contributed by atoms with Crippen LogP contribution in [0.1, 0.15) is 6.92 Å². The predicted molar refractivity (Wildman–Crippen MR) is 81.4 cm³/mol. The van der Waals surface area contributed by atoms with Crippen molar-refractivity contribution in [3.8, 4) is 0 Å². The van der Waals surface area contributed by atoms with Crippen molar-refractivity contribution in [1.29, 1.82) is 0 Å². The Morgan fingerprint density at radius 1 is 0.395 bits per heavy atom. The molecule has 0 heterocycles. The Balaban J connectivity index is 7.52. The molecule has 0 aromatic heterocycles. The lowest BCUT2D eigenvalue weighted by molar-refractivity contribution is -0.489. The molecule has 0 aromatic rings.